The van der Waals surface area contributed by atoms with Crippen LogP contribution in [0.5, 0.6) is 0 Å². The van der Waals surface area contributed by atoms with E-state index in [2.05, 4.69) is 10.6 Å². The summed E-state index contributed by atoms with van der Waals surface area (Å²) in [7, 11) is 0. The van der Waals surface area contributed by atoms with Crippen molar-refractivity contribution in [2.45, 2.75) is 31.8 Å². The molecule has 0 bridgehead atoms. The van der Waals surface area contributed by atoms with Gasteiger partial charge in [-0.15, -0.1) is 0 Å². The molecule has 1 aromatic rings. The van der Waals surface area contributed by atoms with Crippen molar-refractivity contribution in [3.8, 4) is 0 Å². The maximum Gasteiger partial charge on any atom is 0.246 e. The summed E-state index contributed by atoms with van der Waals surface area (Å²) in [5, 5.41) is 6.07. The SMILES string of the molecule is CC1(C)C(=O)NCCN1C(=O)C1Cc2ccccc2N1. The number of amides is 2. The number of anilines is 1. The van der Waals surface area contributed by atoms with Gasteiger partial charge in [0.15, 0.2) is 0 Å². The Hall–Kier alpha value is -2.04. The predicted molar refractivity (Wildman–Crippen MR) is 76.4 cm³/mol. The molecule has 1 fully saturated rings. The quantitative estimate of drug-likeness (QED) is 0.794. The Labute approximate surface area is 118 Å². The molecule has 3 rings (SSSR count). The van der Waals surface area contributed by atoms with Crippen molar-refractivity contribution < 1.29 is 9.59 Å². The van der Waals surface area contributed by atoms with E-state index in [4.69, 9.17) is 0 Å². The smallest absolute Gasteiger partial charge is 0.246 e. The minimum absolute atomic E-state index is 0.000972. The van der Waals surface area contributed by atoms with Gasteiger partial charge in [-0.1, -0.05) is 18.2 Å². The van der Waals surface area contributed by atoms with Gasteiger partial charge in [-0.3, -0.25) is 9.59 Å². The zero-order chi connectivity index (χ0) is 14.3. The van der Waals surface area contributed by atoms with E-state index in [0.29, 0.717) is 19.5 Å². The van der Waals surface area contributed by atoms with Gasteiger partial charge in [-0.05, 0) is 25.5 Å². The van der Waals surface area contributed by atoms with Crippen LogP contribution in [0.25, 0.3) is 0 Å². The fraction of sp³-hybridized carbons (Fsp3) is 0.467. The number of hydrogen-bond acceptors (Lipinski definition) is 3. The topological polar surface area (TPSA) is 61.4 Å². The maximum atomic E-state index is 12.7. The Morgan fingerprint density at radius 1 is 1.35 bits per heavy atom. The highest BCUT2D eigenvalue weighted by Gasteiger charge is 2.43. The first-order valence-corrected chi connectivity index (χ1v) is 6.94. The van der Waals surface area contributed by atoms with Gasteiger partial charge in [-0.2, -0.15) is 0 Å². The second-order valence-corrected chi connectivity index (χ2v) is 5.86. The molecule has 2 aliphatic rings. The van der Waals surface area contributed by atoms with E-state index in [1.54, 1.807) is 18.7 Å². The van der Waals surface area contributed by atoms with Crippen molar-refractivity contribution >= 4 is 17.5 Å². The van der Waals surface area contributed by atoms with Gasteiger partial charge < -0.3 is 15.5 Å². The van der Waals surface area contributed by atoms with Crippen molar-refractivity contribution in [3.63, 3.8) is 0 Å². The molecule has 5 heteroatoms. The molecule has 0 aliphatic carbocycles. The number of fused-ring (bicyclic) bond motifs is 1. The molecule has 0 saturated carbocycles. The molecule has 1 atom stereocenters. The lowest BCUT2D eigenvalue weighted by atomic mass is 9.97. The number of para-hydroxylation sites is 1. The van der Waals surface area contributed by atoms with Gasteiger partial charge in [0.05, 0.1) is 0 Å². The van der Waals surface area contributed by atoms with E-state index < -0.39 is 5.54 Å². The third kappa shape index (κ3) is 1.94. The van der Waals surface area contributed by atoms with Crippen LogP contribution in [-0.2, 0) is 16.0 Å². The van der Waals surface area contributed by atoms with Crippen molar-refractivity contribution in [2.24, 2.45) is 0 Å². The summed E-state index contributed by atoms with van der Waals surface area (Å²) in [5.74, 6) is -0.0892. The van der Waals surface area contributed by atoms with Crippen molar-refractivity contribution in [2.75, 3.05) is 18.4 Å². The highest BCUT2D eigenvalue weighted by molar-refractivity contribution is 5.95. The van der Waals surface area contributed by atoms with Gasteiger partial charge in [0, 0.05) is 25.2 Å². The predicted octanol–water partition coefficient (Wildman–Crippen LogP) is 0.760. The van der Waals surface area contributed by atoms with Crippen LogP contribution in [0.2, 0.25) is 0 Å². The maximum absolute atomic E-state index is 12.7. The van der Waals surface area contributed by atoms with Crippen LogP contribution >= 0.6 is 0 Å². The summed E-state index contributed by atoms with van der Waals surface area (Å²) in [6.07, 6.45) is 0.684. The fourth-order valence-corrected chi connectivity index (χ4v) is 2.92. The first-order valence-electron chi connectivity index (χ1n) is 6.94. The molecule has 2 N–H and O–H groups in total. The lowest BCUT2D eigenvalue weighted by Crippen LogP contribution is -2.65. The van der Waals surface area contributed by atoms with E-state index in [1.165, 1.54) is 0 Å². The Kier molecular flexibility index (Phi) is 2.92. The number of piperazine rings is 1. The Morgan fingerprint density at radius 2 is 2.10 bits per heavy atom. The summed E-state index contributed by atoms with van der Waals surface area (Å²) >= 11 is 0. The average molecular weight is 273 g/mol. The second kappa shape index (κ2) is 4.51. The lowest BCUT2D eigenvalue weighted by molar-refractivity contribution is -0.149. The van der Waals surface area contributed by atoms with Gasteiger partial charge in [0.25, 0.3) is 0 Å². The van der Waals surface area contributed by atoms with E-state index >= 15 is 0 Å². The minimum atomic E-state index is -0.786. The standard InChI is InChI=1S/C15H19N3O2/c1-15(2)14(20)16-7-8-18(15)13(19)12-9-10-5-3-4-6-11(10)17-12/h3-6,12,17H,7-9H2,1-2H3,(H,16,20). The first kappa shape index (κ1) is 13.0. The number of nitrogens with zero attached hydrogens (tertiary/aromatic N) is 1. The summed E-state index contributed by atoms with van der Waals surface area (Å²) in [6, 6.07) is 7.68. The molecule has 1 unspecified atom stereocenters. The first-order chi connectivity index (χ1) is 9.50. The number of hydrogen-bond donors (Lipinski definition) is 2. The lowest BCUT2D eigenvalue weighted by Gasteiger charge is -2.42. The number of nitrogens with one attached hydrogen (secondary N) is 2. The Bertz CT molecular complexity index is 543. The molecular formula is C15H19N3O2. The van der Waals surface area contributed by atoms with E-state index in [1.807, 2.05) is 24.3 Å². The van der Waals surface area contributed by atoms with Crippen molar-refractivity contribution in [1.29, 1.82) is 0 Å². The van der Waals surface area contributed by atoms with Gasteiger partial charge in [0.1, 0.15) is 11.6 Å². The molecule has 20 heavy (non-hydrogen) atoms. The van der Waals surface area contributed by atoms with Crippen LogP contribution in [-0.4, -0.2) is 41.4 Å². The summed E-state index contributed by atoms with van der Waals surface area (Å²) < 4.78 is 0. The summed E-state index contributed by atoms with van der Waals surface area (Å²) in [6.45, 7) is 4.67. The van der Waals surface area contributed by atoms with Crippen LogP contribution in [0.15, 0.2) is 24.3 Å². The number of carbonyl (C=O) groups is 2. The third-order valence-corrected chi connectivity index (χ3v) is 4.19. The summed E-state index contributed by atoms with van der Waals surface area (Å²) in [5.41, 5.74) is 1.39. The molecule has 2 heterocycles. The minimum Gasteiger partial charge on any atom is -0.373 e. The van der Waals surface area contributed by atoms with Crippen LogP contribution in [0.3, 0.4) is 0 Å². The van der Waals surface area contributed by atoms with Gasteiger partial charge in [-0.25, -0.2) is 0 Å². The second-order valence-electron chi connectivity index (χ2n) is 5.86. The van der Waals surface area contributed by atoms with Crippen molar-refractivity contribution in [1.82, 2.24) is 10.2 Å². The third-order valence-electron chi connectivity index (χ3n) is 4.19. The van der Waals surface area contributed by atoms with Gasteiger partial charge in [0.2, 0.25) is 11.8 Å². The van der Waals surface area contributed by atoms with Crippen LogP contribution < -0.4 is 10.6 Å². The summed E-state index contributed by atoms with van der Waals surface area (Å²) in [4.78, 5) is 26.3. The molecule has 0 aromatic heterocycles. The molecule has 106 valence electrons. The van der Waals surface area contributed by atoms with Crippen molar-refractivity contribution in [3.05, 3.63) is 29.8 Å². The highest BCUT2D eigenvalue weighted by Crippen LogP contribution is 2.28. The number of benzene rings is 1. The van der Waals surface area contributed by atoms with E-state index in [-0.39, 0.29) is 17.9 Å². The van der Waals surface area contributed by atoms with Crippen LogP contribution in [0.4, 0.5) is 5.69 Å². The largest absolute Gasteiger partial charge is 0.373 e. The normalized spacial score (nSPS) is 23.8. The molecule has 2 amide bonds. The van der Waals surface area contributed by atoms with Gasteiger partial charge >= 0.3 is 0 Å². The molecule has 5 nitrogen and oxygen atoms in total. The molecule has 0 radical (unpaired) electrons. The van der Waals surface area contributed by atoms with Crippen LogP contribution in [0, 0.1) is 0 Å². The monoisotopic (exact) mass is 273 g/mol. The molecular weight excluding hydrogens is 254 g/mol. The molecule has 2 aliphatic heterocycles. The number of rotatable bonds is 1. The molecule has 1 saturated heterocycles. The highest BCUT2D eigenvalue weighted by atomic mass is 16.2. The molecule has 0 spiro atoms. The molecule has 1 aromatic carbocycles. The fourth-order valence-electron chi connectivity index (χ4n) is 2.92. The Morgan fingerprint density at radius 3 is 2.85 bits per heavy atom. The number of carbonyl (C=O) groups excluding carboxylic acids is 2. The van der Waals surface area contributed by atoms with E-state index in [9.17, 15) is 9.59 Å². The zero-order valence-corrected chi connectivity index (χ0v) is 11.8. The average Bonchev–Trinajstić information content (AvgIpc) is 2.85. The zero-order valence-electron chi connectivity index (χ0n) is 11.8. The van der Waals surface area contributed by atoms with Crippen LogP contribution in [0.1, 0.15) is 19.4 Å². The van der Waals surface area contributed by atoms with E-state index in [0.717, 1.165) is 11.3 Å². The Balaban J connectivity index is 1.79.